The molecule has 2 nitrogen and oxygen atoms in total. The quantitative estimate of drug-likeness (QED) is 0.629. The van der Waals surface area contributed by atoms with E-state index in [1.54, 1.807) is 0 Å². The second-order valence-electron chi connectivity index (χ2n) is 4.09. The van der Waals surface area contributed by atoms with Crippen molar-refractivity contribution in [1.29, 1.82) is 0 Å². The fourth-order valence-electron chi connectivity index (χ4n) is 2.10. The third-order valence-electron chi connectivity index (χ3n) is 2.59. The highest BCUT2D eigenvalue weighted by Gasteiger charge is 2.23. The Morgan fingerprint density at radius 3 is 2.75 bits per heavy atom. The molecule has 0 spiro atoms. The Morgan fingerprint density at radius 2 is 2.17 bits per heavy atom. The average Bonchev–Trinajstić information content (AvgIpc) is 2.37. The Kier molecular flexibility index (Phi) is 4.02. The van der Waals surface area contributed by atoms with Gasteiger partial charge in [-0.1, -0.05) is 6.92 Å². The minimum Gasteiger partial charge on any atom is -0.308 e. The highest BCUT2D eigenvalue weighted by Crippen LogP contribution is 2.17. The monoisotopic (exact) mass is 170 g/mol. The minimum atomic E-state index is 0.833. The maximum Gasteiger partial charge on any atom is 0.0223 e. The van der Waals surface area contributed by atoms with Crippen LogP contribution in [0.15, 0.2) is 0 Å². The van der Waals surface area contributed by atoms with Gasteiger partial charge in [0.15, 0.2) is 0 Å². The van der Waals surface area contributed by atoms with Crippen LogP contribution >= 0.6 is 0 Å². The van der Waals surface area contributed by atoms with Gasteiger partial charge < -0.3 is 4.90 Å². The summed E-state index contributed by atoms with van der Waals surface area (Å²) >= 11 is 0. The number of hydrogen-bond acceptors (Lipinski definition) is 2. The van der Waals surface area contributed by atoms with Crippen molar-refractivity contribution >= 4 is 0 Å². The van der Waals surface area contributed by atoms with Crippen LogP contribution in [-0.4, -0.2) is 49.6 Å². The van der Waals surface area contributed by atoms with E-state index in [1.807, 2.05) is 0 Å². The molecule has 1 aliphatic heterocycles. The standard InChI is InChI=1S/C10H22N2/c1-4-7-12-8-5-6-10(12)9-11(2)3/h10H,4-9H2,1-3H3. The van der Waals surface area contributed by atoms with Crippen molar-refractivity contribution < 1.29 is 0 Å². The molecule has 0 aromatic rings. The molecule has 1 saturated heterocycles. The molecular formula is C10H22N2. The lowest BCUT2D eigenvalue weighted by Gasteiger charge is -2.26. The van der Waals surface area contributed by atoms with Gasteiger partial charge >= 0.3 is 0 Å². The minimum absolute atomic E-state index is 0.833. The zero-order chi connectivity index (χ0) is 8.97. The van der Waals surface area contributed by atoms with Crippen molar-refractivity contribution in [3.63, 3.8) is 0 Å². The maximum atomic E-state index is 2.64. The Balaban J connectivity index is 2.30. The van der Waals surface area contributed by atoms with Crippen molar-refractivity contribution in [2.45, 2.75) is 32.2 Å². The molecule has 0 N–H and O–H groups in total. The van der Waals surface area contributed by atoms with Gasteiger partial charge in [0, 0.05) is 12.6 Å². The molecule has 1 fully saturated rings. The molecular weight excluding hydrogens is 148 g/mol. The first-order valence-electron chi connectivity index (χ1n) is 5.12. The van der Waals surface area contributed by atoms with E-state index in [-0.39, 0.29) is 0 Å². The van der Waals surface area contributed by atoms with E-state index in [1.165, 1.54) is 38.9 Å². The van der Waals surface area contributed by atoms with Gasteiger partial charge in [0.05, 0.1) is 0 Å². The third-order valence-corrected chi connectivity index (χ3v) is 2.59. The molecule has 1 rings (SSSR count). The van der Waals surface area contributed by atoms with Crippen molar-refractivity contribution in [1.82, 2.24) is 9.80 Å². The van der Waals surface area contributed by atoms with Gasteiger partial charge in [-0.2, -0.15) is 0 Å². The van der Waals surface area contributed by atoms with Gasteiger partial charge in [0.1, 0.15) is 0 Å². The van der Waals surface area contributed by atoms with Gasteiger partial charge in [0.25, 0.3) is 0 Å². The van der Waals surface area contributed by atoms with Crippen LogP contribution in [0.1, 0.15) is 26.2 Å². The molecule has 72 valence electrons. The van der Waals surface area contributed by atoms with Gasteiger partial charge in [0.2, 0.25) is 0 Å². The van der Waals surface area contributed by atoms with Crippen LogP contribution in [-0.2, 0) is 0 Å². The molecule has 0 amide bonds. The Bertz CT molecular complexity index is 123. The predicted octanol–water partition coefficient (Wildman–Crippen LogP) is 1.42. The molecule has 0 radical (unpaired) electrons. The van der Waals surface area contributed by atoms with E-state index in [2.05, 4.69) is 30.8 Å². The summed E-state index contributed by atoms with van der Waals surface area (Å²) in [5.41, 5.74) is 0. The number of rotatable bonds is 4. The highest BCUT2D eigenvalue weighted by atomic mass is 15.2. The van der Waals surface area contributed by atoms with Crippen molar-refractivity contribution in [3.8, 4) is 0 Å². The fraction of sp³-hybridized carbons (Fsp3) is 1.00. The van der Waals surface area contributed by atoms with E-state index in [4.69, 9.17) is 0 Å². The molecule has 0 bridgehead atoms. The molecule has 0 saturated carbocycles. The zero-order valence-corrected chi connectivity index (χ0v) is 8.71. The number of likely N-dealkylation sites (N-methyl/N-ethyl adjacent to an activating group) is 1. The van der Waals surface area contributed by atoms with Crippen molar-refractivity contribution in [2.24, 2.45) is 0 Å². The summed E-state index contributed by atoms with van der Waals surface area (Å²) < 4.78 is 0. The Labute approximate surface area is 76.5 Å². The molecule has 1 atom stereocenters. The van der Waals surface area contributed by atoms with Gasteiger partial charge in [-0.25, -0.2) is 0 Å². The summed E-state index contributed by atoms with van der Waals surface area (Å²) in [5.74, 6) is 0. The van der Waals surface area contributed by atoms with E-state index in [0.29, 0.717) is 0 Å². The summed E-state index contributed by atoms with van der Waals surface area (Å²) in [4.78, 5) is 4.94. The van der Waals surface area contributed by atoms with Gasteiger partial charge in [-0.3, -0.25) is 4.90 Å². The number of hydrogen-bond donors (Lipinski definition) is 0. The number of likely N-dealkylation sites (tertiary alicyclic amines) is 1. The van der Waals surface area contributed by atoms with Crippen molar-refractivity contribution in [3.05, 3.63) is 0 Å². The first kappa shape index (κ1) is 10.0. The maximum absolute atomic E-state index is 2.64. The SMILES string of the molecule is CCCN1CCCC1CN(C)C. The number of nitrogens with zero attached hydrogens (tertiary/aromatic N) is 2. The lowest BCUT2D eigenvalue weighted by molar-refractivity contribution is 0.208. The van der Waals surface area contributed by atoms with Crippen LogP contribution < -0.4 is 0 Å². The molecule has 0 aromatic carbocycles. The highest BCUT2D eigenvalue weighted by molar-refractivity contribution is 4.80. The molecule has 0 aliphatic carbocycles. The van der Waals surface area contributed by atoms with Crippen molar-refractivity contribution in [2.75, 3.05) is 33.7 Å². The zero-order valence-electron chi connectivity index (χ0n) is 8.71. The molecule has 2 heteroatoms. The third kappa shape index (κ3) is 2.76. The molecule has 12 heavy (non-hydrogen) atoms. The van der Waals surface area contributed by atoms with Crippen LogP contribution in [0.5, 0.6) is 0 Å². The second-order valence-corrected chi connectivity index (χ2v) is 4.09. The summed E-state index contributed by atoms with van der Waals surface area (Å²) in [5, 5.41) is 0. The second kappa shape index (κ2) is 4.83. The first-order chi connectivity index (χ1) is 5.74. The topological polar surface area (TPSA) is 6.48 Å². The van der Waals surface area contributed by atoms with Gasteiger partial charge in [-0.15, -0.1) is 0 Å². The summed E-state index contributed by atoms with van der Waals surface area (Å²) in [6, 6.07) is 0.833. The predicted molar refractivity (Wildman–Crippen MR) is 53.4 cm³/mol. The van der Waals surface area contributed by atoms with E-state index < -0.39 is 0 Å². The van der Waals surface area contributed by atoms with E-state index in [9.17, 15) is 0 Å². The summed E-state index contributed by atoms with van der Waals surface area (Å²) in [6.07, 6.45) is 4.10. The van der Waals surface area contributed by atoms with E-state index >= 15 is 0 Å². The largest absolute Gasteiger partial charge is 0.308 e. The Morgan fingerprint density at radius 1 is 1.42 bits per heavy atom. The molecule has 1 heterocycles. The lowest BCUT2D eigenvalue weighted by atomic mass is 10.2. The molecule has 0 aromatic heterocycles. The normalized spacial score (nSPS) is 25.5. The summed E-state index contributed by atoms with van der Waals surface area (Å²) in [6.45, 7) is 6.12. The average molecular weight is 170 g/mol. The fourth-order valence-corrected chi connectivity index (χ4v) is 2.10. The van der Waals surface area contributed by atoms with Crippen LogP contribution in [0.2, 0.25) is 0 Å². The van der Waals surface area contributed by atoms with E-state index in [0.717, 1.165) is 6.04 Å². The Hall–Kier alpha value is -0.0800. The van der Waals surface area contributed by atoms with Crippen LogP contribution in [0.4, 0.5) is 0 Å². The van der Waals surface area contributed by atoms with Crippen LogP contribution in [0, 0.1) is 0 Å². The van der Waals surface area contributed by atoms with Crippen LogP contribution in [0.25, 0.3) is 0 Å². The lowest BCUT2D eigenvalue weighted by Crippen LogP contribution is -2.37. The first-order valence-corrected chi connectivity index (χ1v) is 5.12. The van der Waals surface area contributed by atoms with Gasteiger partial charge in [-0.05, 0) is 46.4 Å². The summed E-state index contributed by atoms with van der Waals surface area (Å²) in [7, 11) is 4.34. The molecule has 1 aliphatic rings. The van der Waals surface area contributed by atoms with Crippen LogP contribution in [0.3, 0.4) is 0 Å². The smallest absolute Gasteiger partial charge is 0.0223 e. The molecule has 1 unspecified atom stereocenters.